The minimum atomic E-state index is 0.450. The van der Waals surface area contributed by atoms with Gasteiger partial charge in [-0.1, -0.05) is 11.6 Å². The molecule has 9 heteroatoms. The summed E-state index contributed by atoms with van der Waals surface area (Å²) in [4.78, 5) is 17.3. The summed E-state index contributed by atoms with van der Waals surface area (Å²) in [5.41, 5.74) is 0.780. The fraction of sp³-hybridized carbons (Fsp3) is 0.538. The van der Waals surface area contributed by atoms with Gasteiger partial charge in [0.25, 0.3) is 0 Å². The predicted molar refractivity (Wildman–Crippen MR) is 85.2 cm³/mol. The minimum absolute atomic E-state index is 0.450. The van der Waals surface area contributed by atoms with Gasteiger partial charge in [-0.05, 0) is 6.92 Å². The first-order valence-corrected chi connectivity index (χ1v) is 7.58. The Balaban J connectivity index is 1.63. The molecule has 8 nitrogen and oxygen atoms in total. The highest BCUT2D eigenvalue weighted by atomic mass is 35.5. The molecule has 0 spiro atoms. The van der Waals surface area contributed by atoms with Crippen molar-refractivity contribution in [2.45, 2.75) is 13.5 Å². The first-order valence-electron chi connectivity index (χ1n) is 7.21. The zero-order chi connectivity index (χ0) is 15.5. The van der Waals surface area contributed by atoms with E-state index in [4.69, 9.17) is 11.6 Å². The number of aryl methyl sites for hydroxylation is 1. The average molecular weight is 323 g/mol. The number of hydrogen-bond donors (Lipinski definition) is 2. The van der Waals surface area contributed by atoms with E-state index in [9.17, 15) is 0 Å². The van der Waals surface area contributed by atoms with Gasteiger partial charge in [-0.2, -0.15) is 5.10 Å². The number of aromatic nitrogens is 5. The summed E-state index contributed by atoms with van der Waals surface area (Å²) in [6.45, 7) is 6.29. The second-order valence-corrected chi connectivity index (χ2v) is 5.57. The van der Waals surface area contributed by atoms with Gasteiger partial charge in [0.1, 0.15) is 17.8 Å². The molecule has 118 valence electrons. The van der Waals surface area contributed by atoms with Crippen molar-refractivity contribution < 1.29 is 0 Å². The van der Waals surface area contributed by atoms with E-state index in [0.717, 1.165) is 55.9 Å². The highest BCUT2D eigenvalue weighted by Crippen LogP contribution is 2.29. The number of rotatable bonds is 4. The summed E-state index contributed by atoms with van der Waals surface area (Å²) in [5, 5.41) is 10.6. The molecule has 22 heavy (non-hydrogen) atoms. The Bertz CT molecular complexity index is 635. The van der Waals surface area contributed by atoms with Crippen LogP contribution < -0.4 is 10.2 Å². The number of anilines is 2. The van der Waals surface area contributed by atoms with Crippen LogP contribution in [0.5, 0.6) is 0 Å². The molecule has 1 aliphatic heterocycles. The maximum absolute atomic E-state index is 6.12. The summed E-state index contributed by atoms with van der Waals surface area (Å²) < 4.78 is 0. The number of hydrogen-bond acceptors (Lipinski definition) is 7. The molecular weight excluding hydrogens is 304 g/mol. The Morgan fingerprint density at radius 3 is 2.68 bits per heavy atom. The Labute approximate surface area is 133 Å². The van der Waals surface area contributed by atoms with Crippen LogP contribution in [0.3, 0.4) is 0 Å². The molecule has 2 aromatic rings. The zero-order valence-corrected chi connectivity index (χ0v) is 13.4. The van der Waals surface area contributed by atoms with Gasteiger partial charge in [0.05, 0.1) is 6.54 Å². The molecule has 0 saturated carbocycles. The molecule has 0 aliphatic carbocycles. The number of halogens is 1. The zero-order valence-electron chi connectivity index (χ0n) is 12.7. The number of piperazine rings is 1. The molecule has 0 bridgehead atoms. The molecule has 0 amide bonds. The maximum atomic E-state index is 6.12. The van der Waals surface area contributed by atoms with Crippen molar-refractivity contribution in [2.75, 3.05) is 43.4 Å². The molecule has 1 fully saturated rings. The largest absolute Gasteiger partial charge is 0.383 e. The Hall–Kier alpha value is -1.93. The second-order valence-electron chi connectivity index (χ2n) is 5.21. The van der Waals surface area contributed by atoms with Crippen molar-refractivity contribution in [1.82, 2.24) is 30.0 Å². The van der Waals surface area contributed by atoms with Crippen molar-refractivity contribution >= 4 is 23.1 Å². The monoisotopic (exact) mass is 322 g/mol. The lowest BCUT2D eigenvalue weighted by atomic mass is 10.3. The van der Waals surface area contributed by atoms with Crippen LogP contribution in [0.4, 0.5) is 11.5 Å². The van der Waals surface area contributed by atoms with Crippen molar-refractivity contribution in [1.29, 1.82) is 0 Å². The van der Waals surface area contributed by atoms with E-state index < -0.39 is 0 Å². The Morgan fingerprint density at radius 2 is 2.05 bits per heavy atom. The molecule has 3 rings (SSSR count). The predicted octanol–water partition coefficient (Wildman–Crippen LogP) is 0.920. The van der Waals surface area contributed by atoms with Gasteiger partial charge in [-0.15, -0.1) is 0 Å². The van der Waals surface area contributed by atoms with Crippen LogP contribution in [0.15, 0.2) is 6.33 Å². The molecule has 2 aromatic heterocycles. The van der Waals surface area contributed by atoms with Gasteiger partial charge in [0, 0.05) is 33.2 Å². The van der Waals surface area contributed by atoms with Crippen molar-refractivity contribution in [3.63, 3.8) is 0 Å². The van der Waals surface area contributed by atoms with E-state index in [2.05, 4.69) is 40.3 Å². The van der Waals surface area contributed by atoms with Gasteiger partial charge in [0.15, 0.2) is 16.8 Å². The first kappa shape index (κ1) is 15.0. The third-order valence-corrected chi connectivity index (χ3v) is 4.00. The standard InChI is InChI=1S/C13H19ClN8/c1-9-18-10(20-19-9)7-21-3-5-22(6-4-21)13-11(15-2)12(14)16-8-17-13/h8,15H,3-7H2,1-2H3,(H,18,19,20). The SMILES string of the molecule is CNc1c(Cl)ncnc1N1CCN(Cc2n[nH]c(C)n2)CC1. The molecule has 1 aliphatic rings. The van der Waals surface area contributed by atoms with Gasteiger partial charge in [0.2, 0.25) is 0 Å². The quantitative estimate of drug-likeness (QED) is 0.809. The maximum Gasteiger partial charge on any atom is 0.164 e. The van der Waals surface area contributed by atoms with E-state index >= 15 is 0 Å². The van der Waals surface area contributed by atoms with Crippen LogP contribution in [0.2, 0.25) is 5.15 Å². The molecule has 2 N–H and O–H groups in total. The molecule has 0 unspecified atom stereocenters. The highest BCUT2D eigenvalue weighted by molar-refractivity contribution is 6.32. The third-order valence-electron chi connectivity index (χ3n) is 3.71. The van der Waals surface area contributed by atoms with Crippen LogP contribution in [0, 0.1) is 6.92 Å². The lowest BCUT2D eigenvalue weighted by Crippen LogP contribution is -2.46. The summed E-state index contributed by atoms with van der Waals surface area (Å²) in [6.07, 6.45) is 1.50. The fourth-order valence-electron chi connectivity index (χ4n) is 2.59. The normalized spacial score (nSPS) is 16.0. The van der Waals surface area contributed by atoms with Crippen LogP contribution >= 0.6 is 11.6 Å². The number of H-pyrrole nitrogens is 1. The second kappa shape index (κ2) is 6.45. The lowest BCUT2D eigenvalue weighted by Gasteiger charge is -2.35. The molecular formula is C13H19ClN8. The molecule has 3 heterocycles. The van der Waals surface area contributed by atoms with Gasteiger partial charge in [-0.3, -0.25) is 10.00 Å². The van der Waals surface area contributed by atoms with Crippen molar-refractivity contribution in [3.8, 4) is 0 Å². The Kier molecular flexibility index (Phi) is 4.39. The lowest BCUT2D eigenvalue weighted by molar-refractivity contribution is 0.244. The minimum Gasteiger partial charge on any atom is -0.383 e. The summed E-state index contributed by atoms with van der Waals surface area (Å²) in [6, 6.07) is 0. The number of nitrogens with zero attached hydrogens (tertiary/aromatic N) is 6. The molecule has 0 aromatic carbocycles. The molecule has 0 atom stereocenters. The van der Waals surface area contributed by atoms with Crippen molar-refractivity contribution in [2.24, 2.45) is 0 Å². The first-order chi connectivity index (χ1) is 10.7. The summed E-state index contributed by atoms with van der Waals surface area (Å²) in [7, 11) is 1.83. The van der Waals surface area contributed by atoms with E-state index in [0.29, 0.717) is 5.15 Å². The van der Waals surface area contributed by atoms with E-state index in [1.807, 2.05) is 14.0 Å². The van der Waals surface area contributed by atoms with Crippen molar-refractivity contribution in [3.05, 3.63) is 23.1 Å². The summed E-state index contributed by atoms with van der Waals surface area (Å²) >= 11 is 6.12. The van der Waals surface area contributed by atoms with E-state index in [1.54, 1.807) is 0 Å². The van der Waals surface area contributed by atoms with Crippen LogP contribution in [0.1, 0.15) is 11.6 Å². The molecule has 1 saturated heterocycles. The summed E-state index contributed by atoms with van der Waals surface area (Å²) in [5.74, 6) is 2.55. The van der Waals surface area contributed by atoms with Gasteiger partial charge in [-0.25, -0.2) is 15.0 Å². The average Bonchev–Trinajstić information content (AvgIpc) is 2.93. The fourth-order valence-corrected chi connectivity index (χ4v) is 2.81. The van der Waals surface area contributed by atoms with E-state index in [-0.39, 0.29) is 0 Å². The van der Waals surface area contributed by atoms with Crippen LogP contribution in [-0.4, -0.2) is 63.3 Å². The van der Waals surface area contributed by atoms with Gasteiger partial charge >= 0.3 is 0 Å². The number of nitrogens with one attached hydrogen (secondary N) is 2. The molecule has 0 radical (unpaired) electrons. The third kappa shape index (κ3) is 3.12. The number of aromatic amines is 1. The Morgan fingerprint density at radius 1 is 1.27 bits per heavy atom. The van der Waals surface area contributed by atoms with E-state index in [1.165, 1.54) is 6.33 Å². The smallest absolute Gasteiger partial charge is 0.164 e. The highest BCUT2D eigenvalue weighted by Gasteiger charge is 2.22. The van der Waals surface area contributed by atoms with Crippen LogP contribution in [0.25, 0.3) is 0 Å². The van der Waals surface area contributed by atoms with Gasteiger partial charge < -0.3 is 10.2 Å². The van der Waals surface area contributed by atoms with Crippen LogP contribution in [-0.2, 0) is 6.54 Å². The topological polar surface area (TPSA) is 85.9 Å².